The maximum absolute atomic E-state index is 14.0. The zero-order chi connectivity index (χ0) is 33.0. The molecule has 2 heterocycles. The van der Waals surface area contributed by atoms with Crippen molar-refractivity contribution in [3.05, 3.63) is 82.4 Å². The van der Waals surface area contributed by atoms with Crippen molar-refractivity contribution in [3.63, 3.8) is 0 Å². The topological polar surface area (TPSA) is 82.5 Å². The number of likely N-dealkylation sites (N-methyl/N-ethyl adjacent to an activating group) is 1. The molecule has 44 heavy (non-hydrogen) atoms. The first-order valence-corrected chi connectivity index (χ1v) is 13.5. The highest BCUT2D eigenvalue weighted by molar-refractivity contribution is 6.03. The lowest BCUT2D eigenvalue weighted by Crippen LogP contribution is -2.45. The molecule has 0 bridgehead atoms. The summed E-state index contributed by atoms with van der Waals surface area (Å²) in [6.45, 7) is 5.62. The van der Waals surface area contributed by atoms with Crippen LogP contribution in [0.5, 0.6) is 0 Å². The van der Waals surface area contributed by atoms with Crippen molar-refractivity contribution in [2.45, 2.75) is 69.9 Å². The number of carbonyl (C=O) groups excluding carboxylic acids is 1. The van der Waals surface area contributed by atoms with Crippen LogP contribution in [0.4, 0.5) is 36.4 Å². The van der Waals surface area contributed by atoms with Crippen molar-refractivity contribution in [2.75, 3.05) is 11.9 Å². The minimum absolute atomic E-state index is 0.00176. The van der Waals surface area contributed by atoms with E-state index >= 15 is 0 Å². The summed E-state index contributed by atoms with van der Waals surface area (Å²) in [5.74, 6) is -2.40. The molecule has 1 aliphatic rings. The Balaban J connectivity index is 1.82. The van der Waals surface area contributed by atoms with Gasteiger partial charge in [0.05, 0.1) is 40.2 Å². The van der Waals surface area contributed by atoms with Crippen molar-refractivity contribution >= 4 is 17.6 Å². The van der Waals surface area contributed by atoms with Gasteiger partial charge in [0.15, 0.2) is 0 Å². The molecule has 1 fully saturated rings. The molecule has 3 aromatic rings. The highest BCUT2D eigenvalue weighted by Crippen LogP contribution is 2.42. The zero-order valence-electron chi connectivity index (χ0n) is 24.4. The van der Waals surface area contributed by atoms with Gasteiger partial charge >= 0.3 is 18.3 Å². The predicted octanol–water partition coefficient (Wildman–Crippen LogP) is 7.44. The summed E-state index contributed by atoms with van der Waals surface area (Å²) in [6.07, 6.45) is -8.13. The SMILES string of the molecule is Cc1cc(F)ccc1-c1cc([C@H]2CC[C@@](C)(C(=O)O)N2)ncc1N(C)C(=O)C(C)(C)c1cc(C(F)(F)F)cc(C(F)(F)F)c1. The third-order valence-corrected chi connectivity index (χ3v) is 8.15. The number of amides is 1. The quantitative estimate of drug-likeness (QED) is 0.278. The zero-order valence-corrected chi connectivity index (χ0v) is 24.4. The highest BCUT2D eigenvalue weighted by Gasteiger charge is 2.43. The van der Waals surface area contributed by atoms with Crippen LogP contribution >= 0.6 is 0 Å². The number of pyridine rings is 1. The first kappa shape index (κ1) is 32.9. The second kappa shape index (κ2) is 11.2. The maximum atomic E-state index is 14.0. The lowest BCUT2D eigenvalue weighted by molar-refractivity contribution is -0.144. The summed E-state index contributed by atoms with van der Waals surface area (Å²) in [4.78, 5) is 31.2. The van der Waals surface area contributed by atoms with Crippen LogP contribution in [0.1, 0.15) is 67.6 Å². The van der Waals surface area contributed by atoms with Crippen LogP contribution in [0.15, 0.2) is 48.7 Å². The normalized spacial score (nSPS) is 19.2. The molecule has 2 N–H and O–H groups in total. The monoisotopic (exact) mass is 625 g/mol. The van der Waals surface area contributed by atoms with Crippen LogP contribution < -0.4 is 10.2 Å². The Hall–Kier alpha value is -4.00. The molecule has 0 aliphatic carbocycles. The number of benzene rings is 2. The Kier molecular flexibility index (Phi) is 8.35. The van der Waals surface area contributed by atoms with Gasteiger partial charge in [-0.3, -0.25) is 19.9 Å². The summed E-state index contributed by atoms with van der Waals surface area (Å²) < 4.78 is 95.5. The Morgan fingerprint density at radius 3 is 2.02 bits per heavy atom. The van der Waals surface area contributed by atoms with Crippen molar-refractivity contribution in [3.8, 4) is 11.1 Å². The Bertz CT molecular complexity index is 1590. The third-order valence-electron chi connectivity index (χ3n) is 8.15. The molecule has 13 heteroatoms. The van der Waals surface area contributed by atoms with Gasteiger partial charge in [0.2, 0.25) is 5.91 Å². The molecule has 2 aromatic carbocycles. The fraction of sp³-hybridized carbons (Fsp3) is 0.387. The molecule has 4 rings (SSSR count). The van der Waals surface area contributed by atoms with Crippen LogP contribution in [0.2, 0.25) is 0 Å². The van der Waals surface area contributed by atoms with Gasteiger partial charge in [0, 0.05) is 12.6 Å². The van der Waals surface area contributed by atoms with Gasteiger partial charge in [-0.2, -0.15) is 26.3 Å². The standard InChI is InChI=1S/C31H30F7N3O3/c1-16-10-20(32)6-7-21(16)22-14-24(23-8-9-29(4,40-23)27(43)44)39-15-25(22)41(5)26(42)28(2,3)17-11-18(30(33,34)35)13-19(12-17)31(36,37)38/h6-7,10-15,23,40H,8-9H2,1-5H3,(H,43,44)/t23-,29+/m1/s1. The van der Waals surface area contributed by atoms with Crippen molar-refractivity contribution in [2.24, 2.45) is 0 Å². The van der Waals surface area contributed by atoms with E-state index in [0.717, 1.165) is 4.90 Å². The summed E-state index contributed by atoms with van der Waals surface area (Å²) in [7, 11) is 1.32. The molecule has 1 aliphatic heterocycles. The highest BCUT2D eigenvalue weighted by atomic mass is 19.4. The number of aromatic nitrogens is 1. The van der Waals surface area contributed by atoms with Crippen LogP contribution in [0.3, 0.4) is 0 Å². The summed E-state index contributed by atoms with van der Waals surface area (Å²) >= 11 is 0. The number of halogens is 7. The second-order valence-corrected chi connectivity index (χ2v) is 11.7. The van der Waals surface area contributed by atoms with Gasteiger partial charge in [-0.1, -0.05) is 6.07 Å². The fourth-order valence-corrected chi connectivity index (χ4v) is 5.39. The number of rotatable bonds is 6. The average Bonchev–Trinajstić information content (AvgIpc) is 3.34. The van der Waals surface area contributed by atoms with E-state index in [0.29, 0.717) is 47.4 Å². The lowest BCUT2D eigenvalue weighted by atomic mass is 9.81. The van der Waals surface area contributed by atoms with E-state index in [1.54, 1.807) is 19.9 Å². The van der Waals surface area contributed by atoms with Gasteiger partial charge in [-0.15, -0.1) is 0 Å². The molecule has 0 radical (unpaired) electrons. The number of carbonyl (C=O) groups is 2. The van der Waals surface area contributed by atoms with Crippen molar-refractivity contribution < 1.29 is 45.4 Å². The third kappa shape index (κ3) is 6.28. The predicted molar refractivity (Wildman–Crippen MR) is 148 cm³/mol. The summed E-state index contributed by atoms with van der Waals surface area (Å²) in [5, 5.41) is 12.7. The van der Waals surface area contributed by atoms with Gasteiger partial charge in [-0.05, 0) is 93.6 Å². The number of nitrogens with one attached hydrogen (secondary N) is 1. The largest absolute Gasteiger partial charge is 0.480 e. The van der Waals surface area contributed by atoms with Crippen LogP contribution in [-0.4, -0.2) is 34.6 Å². The Morgan fingerprint density at radius 1 is 0.955 bits per heavy atom. The number of carboxylic acid groups (broad SMARTS) is 1. The molecule has 1 aromatic heterocycles. The van der Waals surface area contributed by atoms with Crippen molar-refractivity contribution in [1.29, 1.82) is 0 Å². The Labute approximate surface area is 248 Å². The van der Waals surface area contributed by atoms with Gasteiger partial charge in [-0.25, -0.2) is 4.39 Å². The van der Waals surface area contributed by atoms with Crippen LogP contribution in [0, 0.1) is 12.7 Å². The minimum Gasteiger partial charge on any atom is -0.480 e. The molecule has 6 nitrogen and oxygen atoms in total. The van der Waals surface area contributed by atoms with E-state index in [4.69, 9.17) is 0 Å². The fourth-order valence-electron chi connectivity index (χ4n) is 5.39. The number of anilines is 1. The molecule has 236 valence electrons. The number of aliphatic carboxylic acids is 1. The van der Waals surface area contributed by atoms with E-state index in [1.807, 2.05) is 0 Å². The molecule has 0 unspecified atom stereocenters. The smallest absolute Gasteiger partial charge is 0.416 e. The number of nitrogens with zero attached hydrogens (tertiary/aromatic N) is 2. The number of aryl methyl sites for hydroxylation is 1. The minimum atomic E-state index is -5.10. The maximum Gasteiger partial charge on any atom is 0.416 e. The number of hydrogen-bond acceptors (Lipinski definition) is 4. The molecule has 1 amide bonds. The molecule has 2 atom stereocenters. The van der Waals surface area contributed by atoms with Crippen LogP contribution in [0.25, 0.3) is 11.1 Å². The number of hydrogen-bond donors (Lipinski definition) is 2. The number of carboxylic acids is 1. The summed E-state index contributed by atoms with van der Waals surface area (Å²) in [5.41, 5.74) is -4.73. The molecule has 0 saturated carbocycles. The average molecular weight is 626 g/mol. The van der Waals surface area contributed by atoms with Crippen LogP contribution in [-0.2, 0) is 27.4 Å². The van der Waals surface area contributed by atoms with E-state index in [2.05, 4.69) is 10.3 Å². The van der Waals surface area contributed by atoms with Gasteiger partial charge in [0.1, 0.15) is 11.4 Å². The van der Waals surface area contributed by atoms with Gasteiger partial charge < -0.3 is 10.0 Å². The summed E-state index contributed by atoms with van der Waals surface area (Å²) in [6, 6.07) is 6.13. The molecular weight excluding hydrogens is 595 g/mol. The van der Waals surface area contributed by atoms with E-state index in [9.17, 15) is 45.4 Å². The molecule has 1 saturated heterocycles. The van der Waals surface area contributed by atoms with E-state index in [-0.39, 0.29) is 11.8 Å². The van der Waals surface area contributed by atoms with E-state index in [1.165, 1.54) is 45.3 Å². The first-order chi connectivity index (χ1) is 20.1. The van der Waals surface area contributed by atoms with Gasteiger partial charge in [0.25, 0.3) is 0 Å². The lowest BCUT2D eigenvalue weighted by Gasteiger charge is -2.32. The Morgan fingerprint density at radius 2 is 1.52 bits per heavy atom. The first-order valence-electron chi connectivity index (χ1n) is 13.5. The van der Waals surface area contributed by atoms with Crippen molar-refractivity contribution in [1.82, 2.24) is 10.3 Å². The molecular formula is C31H30F7N3O3. The second-order valence-electron chi connectivity index (χ2n) is 11.7. The number of alkyl halides is 6. The van der Waals surface area contributed by atoms with E-state index < -0.39 is 63.7 Å². The molecule has 0 spiro atoms.